The number of methoxy groups -OCH3 is 1. The van der Waals surface area contributed by atoms with Crippen molar-refractivity contribution in [3.63, 3.8) is 0 Å². The van der Waals surface area contributed by atoms with Crippen molar-refractivity contribution in [1.82, 2.24) is 4.90 Å². The summed E-state index contributed by atoms with van der Waals surface area (Å²) in [5.41, 5.74) is 1.51. The monoisotopic (exact) mass is 291 g/mol. The van der Waals surface area contributed by atoms with Crippen molar-refractivity contribution in [1.29, 1.82) is 0 Å². The number of benzene rings is 1. The number of carbonyl (C=O) groups is 2. The zero-order chi connectivity index (χ0) is 15.2. The van der Waals surface area contributed by atoms with Crippen molar-refractivity contribution in [2.45, 2.75) is 12.8 Å². The Morgan fingerprint density at radius 1 is 1.48 bits per heavy atom. The maximum absolute atomic E-state index is 12.0. The number of likely N-dealkylation sites (N-methyl/N-ethyl adjacent to an activating group) is 1. The average Bonchev–Trinajstić information content (AvgIpc) is 2.91. The van der Waals surface area contributed by atoms with Crippen LogP contribution in [0.25, 0.3) is 0 Å². The van der Waals surface area contributed by atoms with Crippen LogP contribution in [-0.4, -0.2) is 50.7 Å². The maximum Gasteiger partial charge on any atom is 0.321 e. The number of nitrogens with zero attached hydrogens (tertiary/aromatic N) is 2. The first-order chi connectivity index (χ1) is 10.1. The van der Waals surface area contributed by atoms with Crippen molar-refractivity contribution in [3.8, 4) is 0 Å². The van der Waals surface area contributed by atoms with Gasteiger partial charge in [0.05, 0.1) is 6.61 Å². The summed E-state index contributed by atoms with van der Waals surface area (Å²) in [7, 11) is 3.31. The minimum atomic E-state index is -0.197. The van der Waals surface area contributed by atoms with Gasteiger partial charge in [-0.1, -0.05) is 6.07 Å². The second-order valence-corrected chi connectivity index (χ2v) is 5.04. The van der Waals surface area contributed by atoms with E-state index in [1.165, 1.54) is 0 Å². The number of amides is 3. The van der Waals surface area contributed by atoms with Gasteiger partial charge in [-0.3, -0.25) is 4.79 Å². The second kappa shape index (κ2) is 7.08. The Kier molecular flexibility index (Phi) is 5.16. The molecule has 1 saturated heterocycles. The molecule has 2 rings (SSSR count). The minimum absolute atomic E-state index is 0.135. The van der Waals surface area contributed by atoms with Crippen molar-refractivity contribution in [2.24, 2.45) is 0 Å². The Morgan fingerprint density at radius 3 is 2.95 bits per heavy atom. The molecule has 6 nitrogen and oxygen atoms in total. The molecule has 1 fully saturated rings. The fourth-order valence-electron chi connectivity index (χ4n) is 2.22. The number of urea groups is 1. The van der Waals surface area contributed by atoms with E-state index in [0.717, 1.165) is 18.7 Å². The van der Waals surface area contributed by atoms with Gasteiger partial charge >= 0.3 is 6.03 Å². The van der Waals surface area contributed by atoms with Gasteiger partial charge in [0.25, 0.3) is 0 Å². The van der Waals surface area contributed by atoms with Crippen LogP contribution in [0.2, 0.25) is 0 Å². The lowest BCUT2D eigenvalue weighted by atomic mass is 10.2. The molecule has 1 N–H and O–H groups in total. The molecule has 6 heteroatoms. The third-order valence-corrected chi connectivity index (χ3v) is 3.46. The van der Waals surface area contributed by atoms with Gasteiger partial charge in [-0.05, 0) is 24.6 Å². The molecule has 3 amide bonds. The molecule has 1 aromatic rings. The number of hydrogen-bond acceptors (Lipinski definition) is 3. The molecule has 0 aliphatic carbocycles. The van der Waals surface area contributed by atoms with Gasteiger partial charge < -0.3 is 19.9 Å². The highest BCUT2D eigenvalue weighted by Crippen LogP contribution is 2.24. The first-order valence-electron chi connectivity index (χ1n) is 7.03. The first-order valence-corrected chi connectivity index (χ1v) is 7.03. The Morgan fingerprint density at radius 2 is 2.29 bits per heavy atom. The maximum atomic E-state index is 12.0. The smallest absolute Gasteiger partial charge is 0.321 e. The van der Waals surface area contributed by atoms with Crippen molar-refractivity contribution in [3.05, 3.63) is 24.3 Å². The third-order valence-electron chi connectivity index (χ3n) is 3.46. The van der Waals surface area contributed by atoms with Crippen molar-refractivity contribution >= 4 is 23.3 Å². The van der Waals surface area contributed by atoms with E-state index in [9.17, 15) is 9.59 Å². The van der Waals surface area contributed by atoms with Crippen LogP contribution in [0, 0.1) is 0 Å². The van der Waals surface area contributed by atoms with Crippen LogP contribution in [-0.2, 0) is 9.53 Å². The lowest BCUT2D eigenvalue weighted by Crippen LogP contribution is -2.33. The molecule has 0 atom stereocenters. The summed E-state index contributed by atoms with van der Waals surface area (Å²) in [6.45, 7) is 1.75. The number of carbonyl (C=O) groups excluding carboxylic acids is 2. The molecule has 21 heavy (non-hydrogen) atoms. The quantitative estimate of drug-likeness (QED) is 0.901. The Labute approximate surface area is 124 Å². The third kappa shape index (κ3) is 3.95. The lowest BCUT2D eigenvalue weighted by Gasteiger charge is -2.19. The topological polar surface area (TPSA) is 61.9 Å². The number of rotatable bonds is 5. The fraction of sp³-hybridized carbons (Fsp3) is 0.467. The predicted octanol–water partition coefficient (Wildman–Crippen LogP) is 1.92. The van der Waals surface area contributed by atoms with E-state index >= 15 is 0 Å². The molecular weight excluding hydrogens is 270 g/mol. The summed E-state index contributed by atoms with van der Waals surface area (Å²) in [5.74, 6) is 0.135. The molecule has 0 radical (unpaired) electrons. The average molecular weight is 291 g/mol. The highest BCUT2D eigenvalue weighted by atomic mass is 16.5. The number of anilines is 2. The van der Waals surface area contributed by atoms with Gasteiger partial charge in [0.2, 0.25) is 5.91 Å². The molecule has 1 aliphatic heterocycles. The van der Waals surface area contributed by atoms with E-state index < -0.39 is 0 Å². The summed E-state index contributed by atoms with van der Waals surface area (Å²) in [6, 6.07) is 7.16. The van der Waals surface area contributed by atoms with E-state index in [2.05, 4.69) is 5.32 Å². The van der Waals surface area contributed by atoms with E-state index in [1.807, 2.05) is 24.3 Å². The predicted molar refractivity (Wildman–Crippen MR) is 81.6 cm³/mol. The molecule has 1 aliphatic rings. The minimum Gasteiger partial charge on any atom is -0.383 e. The number of ether oxygens (including phenoxy) is 1. The van der Waals surface area contributed by atoms with E-state index in [-0.39, 0.29) is 11.9 Å². The Balaban J connectivity index is 2.01. The Hall–Kier alpha value is -2.08. The molecule has 0 aromatic heterocycles. The molecule has 1 heterocycles. The zero-order valence-electron chi connectivity index (χ0n) is 12.5. The molecule has 0 unspecified atom stereocenters. The van der Waals surface area contributed by atoms with Gasteiger partial charge in [-0.2, -0.15) is 0 Å². The first kappa shape index (κ1) is 15.3. The summed E-state index contributed by atoms with van der Waals surface area (Å²) in [6.07, 6.45) is 1.48. The van der Waals surface area contributed by atoms with Gasteiger partial charge in [0.15, 0.2) is 0 Å². The normalized spacial score (nSPS) is 14.4. The van der Waals surface area contributed by atoms with Crippen LogP contribution in [0.5, 0.6) is 0 Å². The van der Waals surface area contributed by atoms with Crippen LogP contribution >= 0.6 is 0 Å². The summed E-state index contributed by atoms with van der Waals surface area (Å²) >= 11 is 0. The summed E-state index contributed by atoms with van der Waals surface area (Å²) in [4.78, 5) is 27.1. The highest BCUT2D eigenvalue weighted by Gasteiger charge is 2.21. The summed E-state index contributed by atoms with van der Waals surface area (Å²) < 4.78 is 4.95. The van der Waals surface area contributed by atoms with Gasteiger partial charge in [-0.15, -0.1) is 0 Å². The van der Waals surface area contributed by atoms with Crippen LogP contribution in [0.15, 0.2) is 24.3 Å². The SMILES string of the molecule is COCCN(C)C(=O)Nc1cccc(N2CCCC2=O)c1. The largest absolute Gasteiger partial charge is 0.383 e. The highest BCUT2D eigenvalue weighted by molar-refractivity contribution is 5.96. The Bertz CT molecular complexity index is 519. The number of hydrogen-bond donors (Lipinski definition) is 1. The molecule has 0 spiro atoms. The molecule has 1 aromatic carbocycles. The van der Waals surface area contributed by atoms with Crippen LogP contribution in [0.1, 0.15) is 12.8 Å². The van der Waals surface area contributed by atoms with Crippen LogP contribution in [0.3, 0.4) is 0 Å². The molecule has 0 bridgehead atoms. The van der Waals surface area contributed by atoms with Crippen LogP contribution < -0.4 is 10.2 Å². The van der Waals surface area contributed by atoms with E-state index in [4.69, 9.17) is 4.74 Å². The molecular formula is C15H21N3O3. The van der Waals surface area contributed by atoms with Crippen molar-refractivity contribution < 1.29 is 14.3 Å². The van der Waals surface area contributed by atoms with E-state index in [0.29, 0.717) is 25.3 Å². The van der Waals surface area contributed by atoms with Gasteiger partial charge in [0.1, 0.15) is 0 Å². The summed E-state index contributed by atoms with van der Waals surface area (Å²) in [5, 5.41) is 2.82. The second-order valence-electron chi connectivity index (χ2n) is 5.04. The molecule has 114 valence electrons. The molecule has 0 saturated carbocycles. The fourth-order valence-corrected chi connectivity index (χ4v) is 2.22. The van der Waals surface area contributed by atoms with Gasteiger partial charge in [0, 0.05) is 45.0 Å². The number of nitrogens with one attached hydrogen (secondary N) is 1. The standard InChI is InChI=1S/C15H21N3O3/c1-17(9-10-21-2)15(20)16-12-5-3-6-13(11-12)18-8-4-7-14(18)19/h3,5-6,11H,4,7-10H2,1-2H3,(H,16,20). The lowest BCUT2D eigenvalue weighted by molar-refractivity contribution is -0.117. The zero-order valence-corrected chi connectivity index (χ0v) is 12.5. The van der Waals surface area contributed by atoms with Crippen LogP contribution in [0.4, 0.5) is 16.2 Å². The van der Waals surface area contributed by atoms with Gasteiger partial charge in [-0.25, -0.2) is 4.79 Å². The van der Waals surface area contributed by atoms with Crippen molar-refractivity contribution in [2.75, 3.05) is 44.1 Å². The van der Waals surface area contributed by atoms with E-state index in [1.54, 1.807) is 24.0 Å².